The average Bonchev–Trinajstić information content (AvgIpc) is 2.51. The SMILES string of the molecule is C/C=C/C(=O)NC(C)(C)c1nc(C)cs1. The van der Waals surface area contributed by atoms with Gasteiger partial charge in [-0.3, -0.25) is 4.79 Å². The van der Waals surface area contributed by atoms with Crippen LogP contribution >= 0.6 is 11.3 Å². The van der Waals surface area contributed by atoms with Crippen LogP contribution in [0.5, 0.6) is 0 Å². The molecule has 0 radical (unpaired) electrons. The molecule has 1 heterocycles. The zero-order valence-corrected chi connectivity index (χ0v) is 10.3. The molecule has 0 aromatic carbocycles. The van der Waals surface area contributed by atoms with Crippen LogP contribution in [0.15, 0.2) is 17.5 Å². The Balaban J connectivity index is 2.79. The van der Waals surface area contributed by atoms with Crippen molar-refractivity contribution in [1.82, 2.24) is 10.3 Å². The second-order valence-corrected chi connectivity index (χ2v) is 4.77. The number of thiazole rings is 1. The molecule has 1 N–H and O–H groups in total. The van der Waals surface area contributed by atoms with E-state index in [1.54, 1.807) is 17.4 Å². The molecular formula is C11H16N2OS. The van der Waals surface area contributed by atoms with Gasteiger partial charge in [-0.25, -0.2) is 4.98 Å². The van der Waals surface area contributed by atoms with Crippen molar-refractivity contribution in [3.8, 4) is 0 Å². The number of amides is 1. The summed E-state index contributed by atoms with van der Waals surface area (Å²) in [6.45, 7) is 7.67. The molecule has 0 unspecified atom stereocenters. The lowest BCUT2D eigenvalue weighted by Gasteiger charge is -2.22. The van der Waals surface area contributed by atoms with E-state index in [9.17, 15) is 4.79 Å². The second kappa shape index (κ2) is 4.57. The molecule has 82 valence electrons. The molecule has 0 bridgehead atoms. The number of nitrogens with one attached hydrogen (secondary N) is 1. The van der Waals surface area contributed by atoms with Crippen molar-refractivity contribution < 1.29 is 4.79 Å². The van der Waals surface area contributed by atoms with Crippen molar-refractivity contribution in [2.24, 2.45) is 0 Å². The first-order valence-electron chi connectivity index (χ1n) is 4.83. The highest BCUT2D eigenvalue weighted by molar-refractivity contribution is 7.09. The van der Waals surface area contributed by atoms with E-state index < -0.39 is 5.54 Å². The minimum Gasteiger partial charge on any atom is -0.341 e. The van der Waals surface area contributed by atoms with Crippen LogP contribution in [0.4, 0.5) is 0 Å². The highest BCUT2D eigenvalue weighted by Crippen LogP contribution is 2.23. The van der Waals surface area contributed by atoms with Crippen molar-refractivity contribution in [2.45, 2.75) is 33.2 Å². The lowest BCUT2D eigenvalue weighted by atomic mass is 10.1. The lowest BCUT2D eigenvalue weighted by Crippen LogP contribution is -2.40. The van der Waals surface area contributed by atoms with Gasteiger partial charge in [-0.2, -0.15) is 0 Å². The minimum absolute atomic E-state index is 0.0876. The third kappa shape index (κ3) is 3.16. The van der Waals surface area contributed by atoms with Gasteiger partial charge in [-0.15, -0.1) is 11.3 Å². The molecule has 4 heteroatoms. The third-order valence-corrected chi connectivity index (χ3v) is 3.19. The fourth-order valence-corrected chi connectivity index (χ4v) is 2.07. The topological polar surface area (TPSA) is 42.0 Å². The number of carbonyl (C=O) groups is 1. The van der Waals surface area contributed by atoms with Crippen LogP contribution in [-0.4, -0.2) is 10.9 Å². The summed E-state index contributed by atoms with van der Waals surface area (Å²) in [7, 11) is 0. The summed E-state index contributed by atoms with van der Waals surface area (Å²) in [6, 6.07) is 0. The van der Waals surface area contributed by atoms with Crippen molar-refractivity contribution in [3.63, 3.8) is 0 Å². The number of nitrogens with zero attached hydrogens (tertiary/aromatic N) is 1. The summed E-state index contributed by atoms with van der Waals surface area (Å²) in [5.74, 6) is -0.0876. The maximum Gasteiger partial charge on any atom is 0.244 e. The van der Waals surface area contributed by atoms with Crippen LogP contribution in [0.3, 0.4) is 0 Å². The predicted octanol–water partition coefficient (Wildman–Crippen LogP) is 2.38. The van der Waals surface area contributed by atoms with Gasteiger partial charge in [-0.05, 0) is 33.8 Å². The van der Waals surface area contributed by atoms with Gasteiger partial charge in [0.1, 0.15) is 5.01 Å². The number of hydrogen-bond acceptors (Lipinski definition) is 3. The van der Waals surface area contributed by atoms with Gasteiger partial charge >= 0.3 is 0 Å². The van der Waals surface area contributed by atoms with Gasteiger partial charge in [0.2, 0.25) is 5.91 Å². The predicted molar refractivity (Wildman–Crippen MR) is 62.8 cm³/mol. The molecule has 0 spiro atoms. The molecule has 0 saturated carbocycles. The number of aromatic nitrogens is 1. The van der Waals surface area contributed by atoms with Crippen molar-refractivity contribution in [1.29, 1.82) is 0 Å². The number of allylic oxidation sites excluding steroid dienone is 1. The highest BCUT2D eigenvalue weighted by atomic mass is 32.1. The molecule has 1 rings (SSSR count). The highest BCUT2D eigenvalue weighted by Gasteiger charge is 2.24. The second-order valence-electron chi connectivity index (χ2n) is 3.91. The minimum atomic E-state index is -0.407. The first-order chi connectivity index (χ1) is 6.95. The Morgan fingerprint density at radius 2 is 2.27 bits per heavy atom. The van der Waals surface area contributed by atoms with Crippen LogP contribution < -0.4 is 5.32 Å². The van der Waals surface area contributed by atoms with E-state index in [0.29, 0.717) is 0 Å². The van der Waals surface area contributed by atoms with Crippen LogP contribution in [-0.2, 0) is 10.3 Å². The standard InChI is InChI=1S/C11H16N2OS/c1-5-6-9(14)13-11(3,4)10-12-8(2)7-15-10/h5-7H,1-4H3,(H,13,14)/b6-5+. The first kappa shape index (κ1) is 11.9. The Labute approximate surface area is 94.2 Å². The Morgan fingerprint density at radius 1 is 1.60 bits per heavy atom. The molecule has 1 aromatic heterocycles. The zero-order valence-electron chi connectivity index (χ0n) is 9.50. The van der Waals surface area contributed by atoms with Crippen LogP contribution in [0, 0.1) is 6.92 Å². The molecular weight excluding hydrogens is 208 g/mol. The van der Waals surface area contributed by atoms with Gasteiger partial charge in [0.15, 0.2) is 0 Å². The number of rotatable bonds is 3. The first-order valence-corrected chi connectivity index (χ1v) is 5.71. The maximum absolute atomic E-state index is 11.4. The van der Waals surface area contributed by atoms with Gasteiger partial charge in [0, 0.05) is 11.1 Å². The monoisotopic (exact) mass is 224 g/mol. The summed E-state index contributed by atoms with van der Waals surface area (Å²) in [4.78, 5) is 15.8. The smallest absolute Gasteiger partial charge is 0.244 e. The normalized spacial score (nSPS) is 12.0. The van der Waals surface area contributed by atoms with Crippen LogP contribution in [0.1, 0.15) is 31.5 Å². The summed E-state index contributed by atoms with van der Waals surface area (Å²) in [5, 5.41) is 5.82. The lowest BCUT2D eigenvalue weighted by molar-refractivity contribution is -0.118. The Morgan fingerprint density at radius 3 is 2.73 bits per heavy atom. The van der Waals surface area contributed by atoms with E-state index in [-0.39, 0.29) is 5.91 Å². The number of aryl methyl sites for hydroxylation is 1. The summed E-state index contributed by atoms with van der Waals surface area (Å²) in [5.41, 5.74) is 0.582. The molecule has 1 aromatic rings. The molecule has 0 aliphatic heterocycles. The van der Waals surface area contributed by atoms with Gasteiger partial charge in [-0.1, -0.05) is 6.08 Å². The molecule has 0 atom stereocenters. The molecule has 0 aliphatic rings. The summed E-state index contributed by atoms with van der Waals surface area (Å²) in [6.07, 6.45) is 3.24. The quantitative estimate of drug-likeness (QED) is 0.801. The van der Waals surface area contributed by atoms with E-state index >= 15 is 0 Å². The van der Waals surface area contributed by atoms with Crippen LogP contribution in [0.25, 0.3) is 0 Å². The Kier molecular flexibility index (Phi) is 3.63. The molecule has 0 aliphatic carbocycles. The average molecular weight is 224 g/mol. The van der Waals surface area contributed by atoms with Crippen molar-refractivity contribution in [3.05, 3.63) is 28.2 Å². The van der Waals surface area contributed by atoms with Crippen molar-refractivity contribution in [2.75, 3.05) is 0 Å². The zero-order chi connectivity index (χ0) is 11.5. The molecule has 3 nitrogen and oxygen atoms in total. The molecule has 0 saturated heterocycles. The van der Waals surface area contributed by atoms with E-state index in [1.165, 1.54) is 6.08 Å². The van der Waals surface area contributed by atoms with E-state index in [4.69, 9.17) is 0 Å². The molecule has 15 heavy (non-hydrogen) atoms. The fourth-order valence-electron chi connectivity index (χ4n) is 1.20. The Hall–Kier alpha value is -1.16. The van der Waals surface area contributed by atoms with E-state index in [1.807, 2.05) is 33.1 Å². The van der Waals surface area contributed by atoms with E-state index in [2.05, 4.69) is 10.3 Å². The third-order valence-electron chi connectivity index (χ3n) is 1.91. The molecule has 1 amide bonds. The van der Waals surface area contributed by atoms with Crippen LogP contribution in [0.2, 0.25) is 0 Å². The largest absolute Gasteiger partial charge is 0.341 e. The van der Waals surface area contributed by atoms with Gasteiger partial charge in [0.25, 0.3) is 0 Å². The maximum atomic E-state index is 11.4. The van der Waals surface area contributed by atoms with Crippen molar-refractivity contribution >= 4 is 17.2 Å². The van der Waals surface area contributed by atoms with Gasteiger partial charge in [0.05, 0.1) is 5.54 Å². The summed E-state index contributed by atoms with van der Waals surface area (Å²) >= 11 is 1.57. The van der Waals surface area contributed by atoms with E-state index in [0.717, 1.165) is 10.7 Å². The number of hydrogen-bond donors (Lipinski definition) is 1. The molecule has 0 fully saturated rings. The number of carbonyl (C=O) groups excluding carboxylic acids is 1. The summed E-state index contributed by atoms with van der Waals surface area (Å²) < 4.78 is 0. The fraction of sp³-hybridized carbons (Fsp3) is 0.455. The van der Waals surface area contributed by atoms with Gasteiger partial charge < -0.3 is 5.32 Å². The Bertz CT molecular complexity index is 380.